The Balaban J connectivity index is 0. The SMILES string of the molecule is CC1CCNCC(=N)N1.Cl.Cl. The lowest BCUT2D eigenvalue weighted by Crippen LogP contribution is -2.32. The fourth-order valence-corrected chi connectivity index (χ4v) is 0.953. The van der Waals surface area contributed by atoms with Crippen LogP contribution in [-0.4, -0.2) is 25.0 Å². The Morgan fingerprint density at radius 1 is 1.45 bits per heavy atom. The predicted molar refractivity (Wildman–Crippen MR) is 52.3 cm³/mol. The molecule has 0 spiro atoms. The first-order valence-electron chi connectivity index (χ1n) is 3.33. The molecule has 0 aliphatic carbocycles. The van der Waals surface area contributed by atoms with Crippen LogP contribution in [0, 0.1) is 5.41 Å². The first-order valence-corrected chi connectivity index (χ1v) is 3.33. The smallest absolute Gasteiger partial charge is 0.108 e. The summed E-state index contributed by atoms with van der Waals surface area (Å²) in [6.07, 6.45) is 1.11. The molecule has 0 saturated carbocycles. The number of rotatable bonds is 0. The van der Waals surface area contributed by atoms with Gasteiger partial charge in [-0.05, 0) is 19.9 Å². The van der Waals surface area contributed by atoms with Crippen molar-refractivity contribution < 1.29 is 0 Å². The molecule has 0 radical (unpaired) electrons. The third-order valence-electron chi connectivity index (χ3n) is 1.48. The summed E-state index contributed by atoms with van der Waals surface area (Å²) in [7, 11) is 0. The van der Waals surface area contributed by atoms with E-state index in [2.05, 4.69) is 17.6 Å². The highest BCUT2D eigenvalue weighted by molar-refractivity contribution is 5.85. The van der Waals surface area contributed by atoms with Crippen LogP contribution < -0.4 is 10.6 Å². The summed E-state index contributed by atoms with van der Waals surface area (Å²) in [5.74, 6) is 0.611. The van der Waals surface area contributed by atoms with Crippen molar-refractivity contribution in [2.24, 2.45) is 0 Å². The van der Waals surface area contributed by atoms with Crippen molar-refractivity contribution >= 4 is 30.6 Å². The molecule has 5 heteroatoms. The van der Waals surface area contributed by atoms with Crippen molar-refractivity contribution in [3.63, 3.8) is 0 Å². The summed E-state index contributed by atoms with van der Waals surface area (Å²) in [6, 6.07) is 0.465. The summed E-state index contributed by atoms with van der Waals surface area (Å²) in [4.78, 5) is 0. The monoisotopic (exact) mass is 199 g/mol. The van der Waals surface area contributed by atoms with Crippen LogP contribution in [0.4, 0.5) is 0 Å². The third-order valence-corrected chi connectivity index (χ3v) is 1.48. The minimum absolute atomic E-state index is 0. The van der Waals surface area contributed by atoms with E-state index in [1.807, 2.05) is 0 Å². The Hall–Kier alpha value is 0.01000. The lowest BCUT2D eigenvalue weighted by Gasteiger charge is -2.08. The van der Waals surface area contributed by atoms with Crippen molar-refractivity contribution in [3.05, 3.63) is 0 Å². The minimum atomic E-state index is 0. The Bertz CT molecular complexity index is 118. The molecule has 1 atom stereocenters. The highest BCUT2D eigenvalue weighted by Gasteiger charge is 2.07. The van der Waals surface area contributed by atoms with Gasteiger partial charge in [-0.15, -0.1) is 24.8 Å². The van der Waals surface area contributed by atoms with Crippen LogP contribution in [0.1, 0.15) is 13.3 Å². The van der Waals surface area contributed by atoms with E-state index in [1.165, 1.54) is 0 Å². The van der Waals surface area contributed by atoms with Crippen LogP contribution in [0.15, 0.2) is 0 Å². The van der Waals surface area contributed by atoms with Gasteiger partial charge in [-0.2, -0.15) is 0 Å². The largest absolute Gasteiger partial charge is 0.370 e. The van der Waals surface area contributed by atoms with Crippen molar-refractivity contribution in [1.29, 1.82) is 5.41 Å². The third kappa shape index (κ3) is 5.30. The fraction of sp³-hybridized carbons (Fsp3) is 0.833. The van der Waals surface area contributed by atoms with Gasteiger partial charge in [0.05, 0.1) is 6.54 Å². The molecule has 3 N–H and O–H groups in total. The first kappa shape index (κ1) is 13.6. The number of amidine groups is 1. The molecule has 0 aromatic heterocycles. The van der Waals surface area contributed by atoms with Gasteiger partial charge in [-0.3, -0.25) is 5.41 Å². The van der Waals surface area contributed by atoms with E-state index in [9.17, 15) is 0 Å². The number of nitrogens with one attached hydrogen (secondary N) is 3. The van der Waals surface area contributed by atoms with Crippen molar-refractivity contribution in [2.75, 3.05) is 13.1 Å². The van der Waals surface area contributed by atoms with Gasteiger partial charge in [-0.1, -0.05) is 0 Å². The molecule has 1 aliphatic rings. The van der Waals surface area contributed by atoms with Crippen LogP contribution in [0.3, 0.4) is 0 Å². The predicted octanol–water partition coefficient (Wildman–Crippen LogP) is 0.779. The van der Waals surface area contributed by atoms with Gasteiger partial charge in [-0.25, -0.2) is 0 Å². The molecule has 1 fully saturated rings. The van der Waals surface area contributed by atoms with Gasteiger partial charge in [0.2, 0.25) is 0 Å². The zero-order valence-electron chi connectivity index (χ0n) is 6.52. The summed E-state index contributed by atoms with van der Waals surface area (Å²) < 4.78 is 0. The topological polar surface area (TPSA) is 47.9 Å². The van der Waals surface area contributed by atoms with Crippen molar-refractivity contribution in [2.45, 2.75) is 19.4 Å². The average molecular weight is 200 g/mol. The van der Waals surface area contributed by atoms with Crippen LogP contribution in [0.2, 0.25) is 0 Å². The summed E-state index contributed by atoms with van der Waals surface area (Å²) in [5.41, 5.74) is 0. The molecule has 68 valence electrons. The maximum atomic E-state index is 7.29. The lowest BCUT2D eigenvalue weighted by molar-refractivity contribution is 0.607. The Morgan fingerprint density at radius 2 is 2.09 bits per heavy atom. The summed E-state index contributed by atoms with van der Waals surface area (Å²) in [5, 5.41) is 13.5. The summed E-state index contributed by atoms with van der Waals surface area (Å²) in [6.45, 7) is 3.82. The molecule has 1 unspecified atom stereocenters. The molecule has 0 aromatic carbocycles. The maximum absolute atomic E-state index is 7.29. The van der Waals surface area contributed by atoms with Gasteiger partial charge in [0.25, 0.3) is 0 Å². The fourth-order valence-electron chi connectivity index (χ4n) is 0.953. The van der Waals surface area contributed by atoms with E-state index in [4.69, 9.17) is 5.41 Å². The zero-order chi connectivity index (χ0) is 6.69. The standard InChI is InChI=1S/C6H13N3.2ClH/c1-5-2-3-8-4-6(7)9-5;;/h5,8H,2-4H2,1H3,(H2,7,9);2*1H. The first-order chi connectivity index (χ1) is 4.29. The Morgan fingerprint density at radius 3 is 2.73 bits per heavy atom. The second-order valence-corrected chi connectivity index (χ2v) is 2.49. The second-order valence-electron chi connectivity index (χ2n) is 2.49. The van der Waals surface area contributed by atoms with E-state index in [0.717, 1.165) is 13.0 Å². The van der Waals surface area contributed by atoms with E-state index >= 15 is 0 Å². The molecule has 0 aromatic rings. The Kier molecular flexibility index (Phi) is 8.28. The van der Waals surface area contributed by atoms with Gasteiger partial charge < -0.3 is 10.6 Å². The van der Waals surface area contributed by atoms with Crippen LogP contribution in [-0.2, 0) is 0 Å². The summed E-state index contributed by atoms with van der Waals surface area (Å²) >= 11 is 0. The molecule has 3 nitrogen and oxygen atoms in total. The normalized spacial score (nSPS) is 23.7. The van der Waals surface area contributed by atoms with E-state index in [-0.39, 0.29) is 24.8 Å². The van der Waals surface area contributed by atoms with Gasteiger partial charge >= 0.3 is 0 Å². The van der Waals surface area contributed by atoms with Crippen LogP contribution in [0.5, 0.6) is 0 Å². The molecule has 1 saturated heterocycles. The zero-order valence-corrected chi connectivity index (χ0v) is 8.15. The molecular weight excluding hydrogens is 185 g/mol. The average Bonchev–Trinajstić information content (AvgIpc) is 1.93. The number of hydrogen-bond acceptors (Lipinski definition) is 2. The number of halogens is 2. The Labute approximate surface area is 79.6 Å². The molecular formula is C6H15Cl2N3. The van der Waals surface area contributed by atoms with Crippen LogP contribution in [0.25, 0.3) is 0 Å². The van der Waals surface area contributed by atoms with E-state index < -0.39 is 0 Å². The molecule has 1 aliphatic heterocycles. The van der Waals surface area contributed by atoms with Gasteiger partial charge in [0.15, 0.2) is 0 Å². The minimum Gasteiger partial charge on any atom is -0.370 e. The lowest BCUT2D eigenvalue weighted by atomic mass is 10.2. The highest BCUT2D eigenvalue weighted by Crippen LogP contribution is 1.91. The van der Waals surface area contributed by atoms with Crippen molar-refractivity contribution in [3.8, 4) is 0 Å². The number of hydrogen-bond donors (Lipinski definition) is 3. The van der Waals surface area contributed by atoms with Crippen LogP contribution >= 0.6 is 24.8 Å². The highest BCUT2D eigenvalue weighted by atomic mass is 35.5. The molecule has 0 amide bonds. The molecule has 11 heavy (non-hydrogen) atoms. The molecule has 0 bridgehead atoms. The second kappa shape index (κ2) is 6.70. The van der Waals surface area contributed by atoms with Gasteiger partial charge in [0.1, 0.15) is 5.84 Å². The molecule has 1 heterocycles. The quantitative estimate of drug-likeness (QED) is 0.541. The maximum Gasteiger partial charge on any atom is 0.108 e. The van der Waals surface area contributed by atoms with Gasteiger partial charge in [0, 0.05) is 6.04 Å². The molecule has 1 rings (SSSR count). The van der Waals surface area contributed by atoms with E-state index in [1.54, 1.807) is 0 Å². The van der Waals surface area contributed by atoms with Crippen molar-refractivity contribution in [1.82, 2.24) is 10.6 Å². The van der Waals surface area contributed by atoms with E-state index in [0.29, 0.717) is 18.4 Å².